The van der Waals surface area contributed by atoms with Crippen LogP contribution in [0.5, 0.6) is 0 Å². The molecule has 1 atom stereocenters. The van der Waals surface area contributed by atoms with E-state index in [1.807, 2.05) is 6.07 Å². The Bertz CT molecular complexity index is 412. The van der Waals surface area contributed by atoms with Crippen molar-refractivity contribution in [1.29, 1.82) is 0 Å². The number of carbonyl (C=O) groups excluding carboxylic acids is 1. The number of hydrogen-bond donors (Lipinski definition) is 2. The smallest absolute Gasteiger partial charge is 0.251 e. The number of benzene rings is 1. The van der Waals surface area contributed by atoms with Gasteiger partial charge in [0.25, 0.3) is 5.91 Å². The SMILES string of the molecule is O=C(NCC(O)C1CC1)c1cc(Br)cc(Br)c1. The van der Waals surface area contributed by atoms with Gasteiger partial charge in [-0.15, -0.1) is 0 Å². The fourth-order valence-electron chi connectivity index (χ4n) is 1.63. The van der Waals surface area contributed by atoms with E-state index in [-0.39, 0.29) is 5.91 Å². The lowest BCUT2D eigenvalue weighted by atomic mass is 10.2. The van der Waals surface area contributed by atoms with E-state index in [1.54, 1.807) is 12.1 Å². The van der Waals surface area contributed by atoms with Crippen LogP contribution in [0.25, 0.3) is 0 Å². The van der Waals surface area contributed by atoms with E-state index in [9.17, 15) is 9.90 Å². The minimum absolute atomic E-state index is 0.160. The first kappa shape index (κ1) is 13.1. The van der Waals surface area contributed by atoms with Gasteiger partial charge in [-0.1, -0.05) is 31.9 Å². The highest BCUT2D eigenvalue weighted by Gasteiger charge is 2.29. The molecule has 1 amide bonds. The van der Waals surface area contributed by atoms with Gasteiger partial charge in [0, 0.05) is 21.1 Å². The van der Waals surface area contributed by atoms with Gasteiger partial charge in [0.15, 0.2) is 0 Å². The van der Waals surface area contributed by atoms with Crippen LogP contribution in [0.3, 0.4) is 0 Å². The Balaban J connectivity index is 1.94. The minimum Gasteiger partial charge on any atom is -0.391 e. The molecule has 0 bridgehead atoms. The topological polar surface area (TPSA) is 49.3 Å². The Kier molecular flexibility index (Phi) is 4.22. The molecule has 3 nitrogen and oxygen atoms in total. The zero-order valence-corrected chi connectivity index (χ0v) is 12.3. The third-order valence-electron chi connectivity index (χ3n) is 2.76. The Morgan fingerprint density at radius 2 is 1.94 bits per heavy atom. The molecule has 0 radical (unpaired) electrons. The lowest BCUT2D eigenvalue weighted by Crippen LogP contribution is -2.33. The first-order valence-corrected chi connectivity index (χ1v) is 7.07. The predicted molar refractivity (Wildman–Crippen MR) is 72.9 cm³/mol. The van der Waals surface area contributed by atoms with E-state index < -0.39 is 6.10 Å². The van der Waals surface area contributed by atoms with Crippen molar-refractivity contribution in [2.75, 3.05) is 6.54 Å². The maximum absolute atomic E-state index is 11.8. The van der Waals surface area contributed by atoms with Crippen molar-refractivity contribution in [3.05, 3.63) is 32.7 Å². The summed E-state index contributed by atoms with van der Waals surface area (Å²) >= 11 is 6.67. The molecule has 1 saturated carbocycles. The lowest BCUT2D eigenvalue weighted by Gasteiger charge is -2.11. The van der Waals surface area contributed by atoms with Gasteiger partial charge in [-0.25, -0.2) is 0 Å². The van der Waals surface area contributed by atoms with Gasteiger partial charge in [-0.05, 0) is 37.0 Å². The van der Waals surface area contributed by atoms with Crippen LogP contribution < -0.4 is 5.32 Å². The number of amides is 1. The Labute approximate surface area is 117 Å². The number of aliphatic hydroxyl groups excluding tert-OH is 1. The maximum Gasteiger partial charge on any atom is 0.251 e. The summed E-state index contributed by atoms with van der Waals surface area (Å²) in [5.74, 6) is 0.219. The summed E-state index contributed by atoms with van der Waals surface area (Å²) in [6.07, 6.45) is 1.73. The monoisotopic (exact) mass is 361 g/mol. The molecule has 1 aromatic carbocycles. The van der Waals surface area contributed by atoms with Crippen molar-refractivity contribution in [3.63, 3.8) is 0 Å². The van der Waals surface area contributed by atoms with Gasteiger partial charge < -0.3 is 10.4 Å². The Morgan fingerprint density at radius 1 is 1.35 bits per heavy atom. The molecular weight excluding hydrogens is 350 g/mol. The average molecular weight is 363 g/mol. The van der Waals surface area contributed by atoms with Gasteiger partial charge >= 0.3 is 0 Å². The first-order valence-electron chi connectivity index (χ1n) is 5.48. The quantitative estimate of drug-likeness (QED) is 0.865. The van der Waals surface area contributed by atoms with E-state index in [4.69, 9.17) is 0 Å². The molecule has 1 aromatic rings. The molecular formula is C12H13Br2NO2. The summed E-state index contributed by atoms with van der Waals surface area (Å²) in [5.41, 5.74) is 0.578. The molecule has 5 heteroatoms. The number of nitrogens with one attached hydrogen (secondary N) is 1. The third-order valence-corrected chi connectivity index (χ3v) is 3.68. The van der Waals surface area contributed by atoms with Crippen LogP contribution in [0.1, 0.15) is 23.2 Å². The van der Waals surface area contributed by atoms with Crippen molar-refractivity contribution in [3.8, 4) is 0 Å². The summed E-state index contributed by atoms with van der Waals surface area (Å²) in [4.78, 5) is 11.8. The second-order valence-electron chi connectivity index (χ2n) is 4.27. The van der Waals surface area contributed by atoms with Gasteiger partial charge in [0.05, 0.1) is 6.10 Å². The molecule has 2 N–H and O–H groups in total. The average Bonchev–Trinajstić information content (AvgIpc) is 3.07. The Morgan fingerprint density at radius 3 is 2.47 bits per heavy atom. The molecule has 0 spiro atoms. The summed E-state index contributed by atoms with van der Waals surface area (Å²) in [6.45, 7) is 0.327. The number of hydrogen-bond acceptors (Lipinski definition) is 2. The molecule has 92 valence electrons. The number of aliphatic hydroxyl groups is 1. The van der Waals surface area contributed by atoms with Crippen molar-refractivity contribution in [2.45, 2.75) is 18.9 Å². The van der Waals surface area contributed by atoms with E-state index in [0.29, 0.717) is 18.0 Å². The van der Waals surface area contributed by atoms with Crippen LogP contribution in [0.15, 0.2) is 27.1 Å². The lowest BCUT2D eigenvalue weighted by molar-refractivity contribution is 0.0901. The fraction of sp³-hybridized carbons (Fsp3) is 0.417. The zero-order valence-electron chi connectivity index (χ0n) is 9.12. The number of halogens is 2. The van der Waals surface area contributed by atoms with Gasteiger partial charge in [0.1, 0.15) is 0 Å². The third kappa shape index (κ3) is 3.79. The van der Waals surface area contributed by atoms with E-state index >= 15 is 0 Å². The molecule has 1 fully saturated rings. The highest BCUT2D eigenvalue weighted by Crippen LogP contribution is 2.32. The second kappa shape index (κ2) is 5.50. The Hall–Kier alpha value is -0.390. The van der Waals surface area contributed by atoms with Crippen LogP contribution in [0, 0.1) is 5.92 Å². The zero-order chi connectivity index (χ0) is 12.4. The van der Waals surface area contributed by atoms with Crippen LogP contribution in [0.4, 0.5) is 0 Å². The van der Waals surface area contributed by atoms with Gasteiger partial charge in [-0.3, -0.25) is 4.79 Å². The van der Waals surface area contributed by atoms with Crippen LogP contribution in [0.2, 0.25) is 0 Å². The molecule has 0 heterocycles. The van der Waals surface area contributed by atoms with E-state index in [0.717, 1.165) is 21.8 Å². The molecule has 2 rings (SSSR count). The van der Waals surface area contributed by atoms with Crippen molar-refractivity contribution >= 4 is 37.8 Å². The largest absolute Gasteiger partial charge is 0.391 e. The fourth-order valence-corrected chi connectivity index (χ4v) is 2.93. The highest BCUT2D eigenvalue weighted by atomic mass is 79.9. The first-order chi connectivity index (χ1) is 8.06. The normalized spacial score (nSPS) is 16.6. The van der Waals surface area contributed by atoms with Crippen molar-refractivity contribution in [1.82, 2.24) is 5.32 Å². The minimum atomic E-state index is -0.408. The maximum atomic E-state index is 11.8. The van der Waals surface area contributed by atoms with Gasteiger partial charge in [-0.2, -0.15) is 0 Å². The molecule has 1 unspecified atom stereocenters. The number of rotatable bonds is 4. The molecule has 0 aromatic heterocycles. The summed E-state index contributed by atoms with van der Waals surface area (Å²) < 4.78 is 1.69. The van der Waals surface area contributed by atoms with Crippen LogP contribution in [-0.4, -0.2) is 23.7 Å². The predicted octanol–water partition coefficient (Wildman–Crippen LogP) is 2.71. The summed E-state index contributed by atoms with van der Waals surface area (Å²) in [5, 5.41) is 12.4. The van der Waals surface area contributed by atoms with Crippen LogP contribution in [-0.2, 0) is 0 Å². The molecule has 0 aliphatic heterocycles. The molecule has 0 saturated heterocycles. The highest BCUT2D eigenvalue weighted by molar-refractivity contribution is 9.11. The molecule has 17 heavy (non-hydrogen) atoms. The standard InChI is InChI=1S/C12H13Br2NO2/c13-9-3-8(4-10(14)5-9)12(17)15-6-11(16)7-1-2-7/h3-5,7,11,16H,1-2,6H2,(H,15,17). The van der Waals surface area contributed by atoms with Gasteiger partial charge in [0.2, 0.25) is 0 Å². The number of carbonyl (C=O) groups is 1. The summed E-state index contributed by atoms with van der Waals surface area (Å²) in [6, 6.07) is 5.38. The molecule has 1 aliphatic carbocycles. The molecule has 1 aliphatic rings. The van der Waals surface area contributed by atoms with E-state index in [1.165, 1.54) is 0 Å². The van der Waals surface area contributed by atoms with Crippen molar-refractivity contribution < 1.29 is 9.90 Å². The second-order valence-corrected chi connectivity index (χ2v) is 6.10. The van der Waals surface area contributed by atoms with Crippen molar-refractivity contribution in [2.24, 2.45) is 5.92 Å². The summed E-state index contributed by atoms with van der Waals surface area (Å²) in [7, 11) is 0. The van der Waals surface area contributed by atoms with E-state index in [2.05, 4.69) is 37.2 Å². The van der Waals surface area contributed by atoms with Crippen LogP contribution >= 0.6 is 31.9 Å².